The van der Waals surface area contributed by atoms with Gasteiger partial charge in [-0.1, -0.05) is 41.6 Å². The summed E-state index contributed by atoms with van der Waals surface area (Å²) in [5.74, 6) is -0.243. The Labute approximate surface area is 389 Å². The zero-order valence-electron chi connectivity index (χ0n) is 38.5. The van der Waals surface area contributed by atoms with Crippen molar-refractivity contribution >= 4 is 46.1 Å². The van der Waals surface area contributed by atoms with E-state index in [1.807, 2.05) is 26.0 Å². The van der Waals surface area contributed by atoms with Crippen LogP contribution in [0.25, 0.3) is 22.2 Å². The van der Waals surface area contributed by atoms with Crippen LogP contribution < -0.4 is 10.6 Å². The highest BCUT2D eigenvalue weighted by molar-refractivity contribution is 6.25. The summed E-state index contributed by atoms with van der Waals surface area (Å²) in [6.45, 7) is 12.8. The Bertz CT molecular complexity index is 2560. The Hall–Kier alpha value is -6.11. The number of morpholine rings is 1. The first-order valence-corrected chi connectivity index (χ1v) is 23.2. The van der Waals surface area contributed by atoms with Gasteiger partial charge in [-0.25, -0.2) is 4.98 Å². The minimum Gasteiger partial charge on any atom is -0.382 e. The van der Waals surface area contributed by atoms with E-state index < -0.39 is 29.7 Å². The minimum absolute atomic E-state index is 0.0580. The average molecular weight is 918 g/mol. The number of fused-ring (bicyclic) bond motifs is 2. The van der Waals surface area contributed by atoms with E-state index in [1.54, 1.807) is 18.2 Å². The molecule has 354 valence electrons. The van der Waals surface area contributed by atoms with Gasteiger partial charge in [-0.05, 0) is 74.6 Å². The number of nitrogens with one attached hydrogen (secondary N) is 2. The molecule has 3 aliphatic rings. The first-order chi connectivity index (χ1) is 32.5. The number of aryl methyl sites for hydroxylation is 4. The topological polar surface area (TPSA) is 197 Å². The first-order valence-electron chi connectivity index (χ1n) is 23.2. The predicted molar refractivity (Wildman–Crippen MR) is 248 cm³/mol. The summed E-state index contributed by atoms with van der Waals surface area (Å²) >= 11 is 0. The smallest absolute Gasteiger partial charge is 0.264 e. The third-order valence-corrected chi connectivity index (χ3v) is 12.6. The SMILES string of the molecule is Cc1noc(C)c1-c1ccc2c(c1)nc(CCc1ccc(CC(=O)CCOCCOCCOCCNc3cccc4c3C(=O)N(C3CCC(=O)NC3=O)C4=O)cc1)n2CC(C)N1CCOCC1. The number of rotatable bonds is 23. The lowest BCUT2D eigenvalue weighted by molar-refractivity contribution is -0.136. The van der Waals surface area contributed by atoms with Crippen LogP contribution in [0.5, 0.6) is 0 Å². The lowest BCUT2D eigenvalue weighted by Gasteiger charge is -2.32. The van der Waals surface area contributed by atoms with E-state index in [2.05, 4.69) is 62.5 Å². The van der Waals surface area contributed by atoms with Crippen LogP contribution in [0.2, 0.25) is 0 Å². The van der Waals surface area contributed by atoms with Crippen LogP contribution in [0.1, 0.15) is 75.3 Å². The van der Waals surface area contributed by atoms with Crippen LogP contribution in [-0.2, 0) is 59.1 Å². The normalized spacial score (nSPS) is 17.1. The number of amides is 4. The van der Waals surface area contributed by atoms with Gasteiger partial charge in [0.15, 0.2) is 0 Å². The number of hydrogen-bond acceptors (Lipinski definition) is 14. The summed E-state index contributed by atoms with van der Waals surface area (Å²) in [6.07, 6.45) is 2.40. The molecule has 5 heterocycles. The summed E-state index contributed by atoms with van der Waals surface area (Å²) in [4.78, 5) is 71.7. The van der Waals surface area contributed by atoms with Crippen molar-refractivity contribution in [1.29, 1.82) is 0 Å². The van der Waals surface area contributed by atoms with Gasteiger partial charge in [0.1, 0.15) is 23.4 Å². The number of aromatic nitrogens is 3. The molecule has 8 rings (SSSR count). The molecule has 2 unspecified atom stereocenters. The fourth-order valence-corrected chi connectivity index (χ4v) is 9.07. The van der Waals surface area contributed by atoms with Crippen molar-refractivity contribution in [3.63, 3.8) is 0 Å². The van der Waals surface area contributed by atoms with Gasteiger partial charge in [-0.2, -0.15) is 0 Å². The first kappa shape index (κ1) is 47.4. The number of ketones is 1. The molecule has 0 spiro atoms. The van der Waals surface area contributed by atoms with Crippen LogP contribution in [0.4, 0.5) is 5.69 Å². The molecule has 4 amide bonds. The van der Waals surface area contributed by atoms with Crippen LogP contribution >= 0.6 is 0 Å². The predicted octanol–water partition coefficient (Wildman–Crippen LogP) is 4.88. The van der Waals surface area contributed by atoms with E-state index in [4.69, 9.17) is 28.5 Å². The molecule has 2 saturated heterocycles. The van der Waals surface area contributed by atoms with E-state index >= 15 is 0 Å². The van der Waals surface area contributed by atoms with Gasteiger partial charge in [0, 0.05) is 69.2 Å². The molecule has 3 aliphatic heterocycles. The van der Waals surface area contributed by atoms with Crippen molar-refractivity contribution in [3.8, 4) is 11.1 Å². The van der Waals surface area contributed by atoms with E-state index in [1.165, 1.54) is 5.56 Å². The average Bonchev–Trinajstić information content (AvgIpc) is 3.94. The zero-order valence-corrected chi connectivity index (χ0v) is 38.5. The number of benzene rings is 3. The Morgan fingerprint density at radius 3 is 2.33 bits per heavy atom. The van der Waals surface area contributed by atoms with Crippen molar-refractivity contribution in [2.75, 3.05) is 77.8 Å². The maximum absolute atomic E-state index is 13.3. The molecule has 17 nitrogen and oxygen atoms in total. The molecule has 2 atom stereocenters. The zero-order chi connectivity index (χ0) is 46.9. The molecular weight excluding hydrogens is 859 g/mol. The maximum Gasteiger partial charge on any atom is 0.264 e. The number of anilines is 1. The van der Waals surface area contributed by atoms with E-state index in [0.29, 0.717) is 70.8 Å². The number of nitrogens with zero attached hydrogens (tertiary/aromatic N) is 5. The monoisotopic (exact) mass is 917 g/mol. The molecule has 0 saturated carbocycles. The third-order valence-electron chi connectivity index (χ3n) is 12.6. The standard InChI is InChI=1S/C50H59N7O10/c1-32(55-19-23-65-24-20-55)31-56-42-13-12-37(46-33(2)54-67-34(46)3)30-41(42)52-44(56)15-11-35-7-9-36(10-8-35)29-38(58)17-21-63-25-27-66-28-26-64-22-18-51-40-6-4-5-39-47(40)50(62)57(49(39)61)43-14-16-45(59)53-48(43)60/h4-10,12-13,30,32,43,51H,11,14-29,31H2,1-3H3,(H,53,59,60). The number of imidazole rings is 1. The molecule has 0 radical (unpaired) electrons. The van der Waals surface area contributed by atoms with Crippen molar-refractivity contribution in [3.05, 3.63) is 100 Å². The number of carbonyl (C=O) groups is 5. The molecule has 2 N–H and O–H groups in total. The highest BCUT2D eigenvalue weighted by atomic mass is 16.5. The molecule has 2 aromatic heterocycles. The Morgan fingerprint density at radius 2 is 1.60 bits per heavy atom. The highest BCUT2D eigenvalue weighted by Crippen LogP contribution is 2.33. The van der Waals surface area contributed by atoms with Crippen molar-refractivity contribution in [2.45, 2.75) is 77.9 Å². The van der Waals surface area contributed by atoms with E-state index in [0.717, 1.165) is 95.6 Å². The molecule has 3 aromatic carbocycles. The number of imide groups is 2. The third kappa shape index (κ3) is 11.4. The minimum atomic E-state index is -1.02. The van der Waals surface area contributed by atoms with Crippen molar-refractivity contribution < 1.29 is 47.4 Å². The molecular formula is C50H59N7O10. The molecule has 5 aromatic rings. The van der Waals surface area contributed by atoms with Crippen molar-refractivity contribution in [2.24, 2.45) is 0 Å². The van der Waals surface area contributed by atoms with Crippen LogP contribution in [-0.4, -0.2) is 138 Å². The van der Waals surface area contributed by atoms with Gasteiger partial charge in [0.2, 0.25) is 11.8 Å². The summed E-state index contributed by atoms with van der Waals surface area (Å²) in [7, 11) is 0. The van der Waals surface area contributed by atoms with Crippen LogP contribution in [0.3, 0.4) is 0 Å². The Kier molecular flexibility index (Phi) is 15.6. The highest BCUT2D eigenvalue weighted by Gasteiger charge is 2.45. The summed E-state index contributed by atoms with van der Waals surface area (Å²) in [6, 6.07) is 19.0. The van der Waals surface area contributed by atoms with Gasteiger partial charge in [-0.15, -0.1) is 0 Å². The molecule has 2 fully saturated rings. The van der Waals surface area contributed by atoms with Gasteiger partial charge in [0.25, 0.3) is 11.8 Å². The number of piperidine rings is 1. The summed E-state index contributed by atoms with van der Waals surface area (Å²) in [5.41, 5.74) is 8.04. The molecule has 0 bridgehead atoms. The number of carbonyl (C=O) groups excluding carboxylic acids is 5. The quantitative estimate of drug-likeness (QED) is 0.0665. The van der Waals surface area contributed by atoms with Gasteiger partial charge >= 0.3 is 0 Å². The second-order valence-electron chi connectivity index (χ2n) is 17.3. The van der Waals surface area contributed by atoms with Crippen LogP contribution in [0, 0.1) is 13.8 Å². The molecule has 17 heteroatoms. The Morgan fingerprint density at radius 1 is 0.866 bits per heavy atom. The number of ether oxygens (including phenoxy) is 4. The van der Waals surface area contributed by atoms with E-state index in [9.17, 15) is 24.0 Å². The van der Waals surface area contributed by atoms with Gasteiger partial charge in [0.05, 0.1) is 80.7 Å². The largest absolute Gasteiger partial charge is 0.382 e. The maximum atomic E-state index is 13.3. The molecule has 67 heavy (non-hydrogen) atoms. The molecule has 0 aliphatic carbocycles. The Balaban J connectivity index is 0.714. The summed E-state index contributed by atoms with van der Waals surface area (Å²) < 4.78 is 30.4. The van der Waals surface area contributed by atoms with Gasteiger partial charge < -0.3 is 33.4 Å². The fourth-order valence-electron chi connectivity index (χ4n) is 9.07. The number of hydrogen-bond donors (Lipinski definition) is 2. The van der Waals surface area contributed by atoms with Crippen molar-refractivity contribution in [1.82, 2.24) is 29.8 Å². The summed E-state index contributed by atoms with van der Waals surface area (Å²) in [5, 5.41) is 9.52. The fraction of sp³-hybridized carbons (Fsp3) is 0.460. The van der Waals surface area contributed by atoms with Crippen LogP contribution in [0.15, 0.2) is 65.2 Å². The van der Waals surface area contributed by atoms with Gasteiger partial charge in [-0.3, -0.25) is 39.1 Å². The second-order valence-corrected chi connectivity index (χ2v) is 17.3. The lowest BCUT2D eigenvalue weighted by atomic mass is 10.0. The lowest BCUT2D eigenvalue weighted by Crippen LogP contribution is -2.54. The number of Topliss-reactive ketones (excluding diaryl/α,β-unsaturated/α-hetero) is 1. The second kappa shape index (κ2) is 22.1. The van der Waals surface area contributed by atoms with E-state index in [-0.39, 0.29) is 29.8 Å².